The van der Waals surface area contributed by atoms with Crippen LogP contribution in [0.5, 0.6) is 0 Å². The summed E-state index contributed by atoms with van der Waals surface area (Å²) in [4.78, 5) is 85.5. The summed E-state index contributed by atoms with van der Waals surface area (Å²) in [7, 11) is -5.48. The molecular weight excluding hydrogens is 995 g/mol. The molecule has 2 aliphatic heterocycles. The zero-order chi connectivity index (χ0) is 52.3. The van der Waals surface area contributed by atoms with Crippen LogP contribution in [0.2, 0.25) is 0 Å². The lowest BCUT2D eigenvalue weighted by Gasteiger charge is -2.16. The topological polar surface area (TPSA) is 366 Å². The van der Waals surface area contributed by atoms with Gasteiger partial charge in [-0.1, -0.05) is 42.5 Å². The third-order valence-corrected chi connectivity index (χ3v) is 13.6. The average Bonchev–Trinajstić information content (AvgIpc) is 4.23. The van der Waals surface area contributed by atoms with Crippen LogP contribution in [0, 0.1) is 0 Å². The molecule has 2 aromatic carbocycles. The molecule has 0 aliphatic carbocycles. The van der Waals surface area contributed by atoms with E-state index in [1.54, 1.807) is 45.8 Å². The molecule has 28 heteroatoms. The van der Waals surface area contributed by atoms with Crippen molar-refractivity contribution in [3.8, 4) is 0 Å². The molecule has 0 saturated carbocycles. The first-order chi connectivity index (χ1) is 35.0. The van der Waals surface area contributed by atoms with Crippen molar-refractivity contribution in [2.45, 2.75) is 76.0 Å². The SMILES string of the molecule is COC(=O)c1ccccc1C(=O)CC/C=C/S(=O)(=O)NCC1CCC(n2cnc3c(N)ncnc32)O1.COC(=O)c1ccccc1C(=O)CCC(=O)NS(=O)(=O)NCC1CCC(n2cnc3c(N)ncnc32)O1. The molecule has 6 aromatic rings. The second-order valence-corrected chi connectivity index (χ2v) is 19.5. The van der Waals surface area contributed by atoms with Gasteiger partial charge < -0.3 is 30.4 Å². The van der Waals surface area contributed by atoms with Crippen molar-refractivity contribution in [3.63, 3.8) is 0 Å². The number of anilines is 2. The van der Waals surface area contributed by atoms with Gasteiger partial charge in [0, 0.05) is 48.9 Å². The van der Waals surface area contributed by atoms with E-state index in [-0.39, 0.29) is 84.4 Å². The number of aromatic nitrogens is 8. The van der Waals surface area contributed by atoms with Gasteiger partial charge in [0.25, 0.3) is 0 Å². The van der Waals surface area contributed by atoms with E-state index >= 15 is 0 Å². The summed E-state index contributed by atoms with van der Waals surface area (Å²) in [6.07, 6.45) is 7.66. The number of rotatable bonds is 20. The van der Waals surface area contributed by atoms with Crippen molar-refractivity contribution in [1.29, 1.82) is 0 Å². The summed E-state index contributed by atoms with van der Waals surface area (Å²) < 4.78 is 80.8. The van der Waals surface area contributed by atoms with E-state index < -0.39 is 62.6 Å². The smallest absolute Gasteiger partial charge is 0.338 e. The molecule has 7 N–H and O–H groups in total. The average molecular weight is 1050 g/mol. The standard InChI is InChI=1S/C23H26N6O6S.C22H25N7O7S/c1-34-23(31)17-7-3-2-6-16(17)18(30)8-4-5-11-36(32,33)28-12-15-9-10-19(35-15)29-14-27-20-21(24)25-13-26-22(20)29;1-35-22(32)15-5-3-2-4-14(15)16(30)7-8-17(31)28-37(33,34)27-10-13-6-9-18(36-13)29-12-26-19-20(23)24-11-25-21(19)29/h2-3,5-7,11,13-15,19,28H,4,8-10,12H2,1H3,(H2,24,25,26);2-5,11-13,18,27H,6-10H2,1H3,(H,28,31)(H2,23,24,25)/b11-5+;. The Labute approximate surface area is 417 Å². The predicted octanol–water partition coefficient (Wildman–Crippen LogP) is 2.46. The van der Waals surface area contributed by atoms with Crippen molar-refractivity contribution in [2.75, 3.05) is 38.8 Å². The maximum absolute atomic E-state index is 12.5. The number of methoxy groups -OCH3 is 2. The zero-order valence-electron chi connectivity index (χ0n) is 39.3. The third-order valence-electron chi connectivity index (χ3n) is 11.5. The molecule has 1 amide bonds. The van der Waals surface area contributed by atoms with Gasteiger partial charge in [-0.2, -0.15) is 13.1 Å². The lowest BCUT2D eigenvalue weighted by atomic mass is 10.0. The molecule has 73 heavy (non-hydrogen) atoms. The highest BCUT2D eigenvalue weighted by molar-refractivity contribution is 7.92. The Balaban J connectivity index is 0.000000214. The number of carbonyl (C=O) groups is 5. The lowest BCUT2D eigenvalue weighted by Crippen LogP contribution is -2.43. The van der Waals surface area contributed by atoms with Crippen molar-refractivity contribution in [1.82, 2.24) is 53.2 Å². The third kappa shape index (κ3) is 13.5. The van der Waals surface area contributed by atoms with Crippen molar-refractivity contribution in [2.24, 2.45) is 0 Å². The number of benzene rings is 2. The fraction of sp³-hybridized carbons (Fsp3) is 0.356. The van der Waals surface area contributed by atoms with Crippen LogP contribution in [0.1, 0.15) is 105 Å². The number of ether oxygens (including phenoxy) is 4. The Morgan fingerprint density at radius 1 is 0.644 bits per heavy atom. The van der Waals surface area contributed by atoms with Gasteiger partial charge in [-0.15, -0.1) is 0 Å². The number of hydrogen-bond acceptors (Lipinski definition) is 21. The number of imidazole rings is 2. The molecule has 0 bridgehead atoms. The van der Waals surface area contributed by atoms with Gasteiger partial charge in [-0.25, -0.2) is 57.4 Å². The van der Waals surface area contributed by atoms with Crippen LogP contribution in [0.25, 0.3) is 22.3 Å². The maximum Gasteiger partial charge on any atom is 0.338 e. The van der Waals surface area contributed by atoms with Crippen molar-refractivity contribution < 1.29 is 59.8 Å². The number of nitrogens with one attached hydrogen (secondary N) is 3. The molecule has 4 aromatic heterocycles. The summed E-state index contributed by atoms with van der Waals surface area (Å²) in [5.41, 5.74) is 14.2. The van der Waals surface area contributed by atoms with Crippen LogP contribution < -0.4 is 25.6 Å². The number of nitrogens with two attached hydrogens (primary N) is 2. The number of Topliss-reactive ketones (excluding diaryl/α,β-unsaturated/α-hetero) is 2. The normalized spacial score (nSPS) is 17.8. The Kier molecular flexibility index (Phi) is 17.3. The minimum Gasteiger partial charge on any atom is -0.465 e. The second kappa shape index (κ2) is 23.7. The van der Waals surface area contributed by atoms with Gasteiger partial charge >= 0.3 is 22.1 Å². The summed E-state index contributed by atoms with van der Waals surface area (Å²) in [6, 6.07) is 12.4. The molecule has 0 spiro atoms. The number of carbonyl (C=O) groups excluding carboxylic acids is 5. The van der Waals surface area contributed by atoms with E-state index in [2.05, 4.69) is 44.1 Å². The van der Waals surface area contributed by atoms with Gasteiger partial charge in [0.05, 0.1) is 50.2 Å². The Bertz CT molecular complexity index is 3270. The minimum atomic E-state index is -4.19. The minimum absolute atomic E-state index is 0.0420. The van der Waals surface area contributed by atoms with E-state index in [4.69, 9.17) is 25.7 Å². The fourth-order valence-corrected chi connectivity index (χ4v) is 9.66. The fourth-order valence-electron chi connectivity index (χ4n) is 7.88. The summed E-state index contributed by atoms with van der Waals surface area (Å²) in [5, 5.41) is 1.03. The molecule has 8 rings (SSSR count). The molecule has 26 nitrogen and oxygen atoms in total. The van der Waals surface area contributed by atoms with Crippen LogP contribution >= 0.6 is 0 Å². The summed E-state index contributed by atoms with van der Waals surface area (Å²) >= 11 is 0. The first-order valence-corrected chi connectivity index (χ1v) is 25.5. The molecule has 0 radical (unpaired) electrons. The predicted molar refractivity (Wildman–Crippen MR) is 260 cm³/mol. The number of nitrogen functional groups attached to an aromatic ring is 2. The number of nitrogens with zero attached hydrogens (tertiary/aromatic N) is 8. The quantitative estimate of drug-likeness (QED) is 0.0541. The van der Waals surface area contributed by atoms with E-state index in [1.807, 2.05) is 4.72 Å². The van der Waals surface area contributed by atoms with Crippen LogP contribution in [0.15, 0.2) is 85.3 Å². The van der Waals surface area contributed by atoms with Crippen molar-refractivity contribution in [3.05, 3.63) is 108 Å². The number of allylic oxidation sites excluding steroid dienone is 1. The number of hydrogen-bond donors (Lipinski definition) is 5. The van der Waals surface area contributed by atoms with Gasteiger partial charge in [-0.3, -0.25) is 23.5 Å². The van der Waals surface area contributed by atoms with Gasteiger partial charge in [0.2, 0.25) is 15.9 Å². The lowest BCUT2D eigenvalue weighted by molar-refractivity contribution is -0.119. The highest BCUT2D eigenvalue weighted by atomic mass is 32.2. The number of esters is 2. The molecule has 2 fully saturated rings. The van der Waals surface area contributed by atoms with E-state index in [9.17, 15) is 40.8 Å². The van der Waals surface area contributed by atoms with Crippen LogP contribution in [-0.4, -0.2) is 125 Å². The molecule has 4 unspecified atom stereocenters. The molecule has 386 valence electrons. The zero-order valence-corrected chi connectivity index (χ0v) is 41.0. The van der Waals surface area contributed by atoms with E-state index in [1.165, 1.54) is 57.5 Å². The number of amides is 1. The summed E-state index contributed by atoms with van der Waals surface area (Å²) in [5.74, 6) is -2.41. The van der Waals surface area contributed by atoms with Gasteiger partial charge in [0.1, 0.15) is 36.1 Å². The van der Waals surface area contributed by atoms with E-state index in [0.717, 1.165) is 5.41 Å². The number of ketones is 2. The van der Waals surface area contributed by atoms with Crippen LogP contribution in [0.3, 0.4) is 0 Å². The van der Waals surface area contributed by atoms with Crippen LogP contribution in [-0.2, 0) is 44.0 Å². The van der Waals surface area contributed by atoms with Gasteiger partial charge in [-0.05, 0) is 44.2 Å². The molecule has 6 heterocycles. The number of fused-ring (bicyclic) bond motifs is 2. The highest BCUT2D eigenvalue weighted by Crippen LogP contribution is 2.32. The highest BCUT2D eigenvalue weighted by Gasteiger charge is 2.31. The monoisotopic (exact) mass is 1050 g/mol. The number of sulfonamides is 1. The molecule has 2 aliphatic rings. The Morgan fingerprint density at radius 3 is 1.60 bits per heavy atom. The van der Waals surface area contributed by atoms with E-state index in [0.29, 0.717) is 48.0 Å². The molecular formula is C45H51N13O13S2. The van der Waals surface area contributed by atoms with Crippen LogP contribution in [0.4, 0.5) is 11.6 Å². The molecule has 2 saturated heterocycles. The Hall–Kier alpha value is -7.63. The first-order valence-electron chi connectivity index (χ1n) is 22.5. The van der Waals surface area contributed by atoms with Gasteiger partial charge in [0.15, 0.2) is 34.5 Å². The molecule has 4 atom stereocenters. The second-order valence-electron chi connectivity index (χ2n) is 16.3. The maximum atomic E-state index is 12.5. The summed E-state index contributed by atoms with van der Waals surface area (Å²) in [6.45, 7) is 0.0205. The van der Waals surface area contributed by atoms with Crippen molar-refractivity contribution >= 4 is 83.6 Å². The first kappa shape index (κ1) is 53.2. The largest absolute Gasteiger partial charge is 0.465 e. The Morgan fingerprint density at radius 2 is 1.11 bits per heavy atom.